The summed E-state index contributed by atoms with van der Waals surface area (Å²) in [6, 6.07) is 9.80. The van der Waals surface area contributed by atoms with Crippen molar-refractivity contribution in [2.75, 3.05) is 27.4 Å². The van der Waals surface area contributed by atoms with E-state index in [9.17, 15) is 4.79 Å². The normalized spacial score (nSPS) is 11.8. The van der Waals surface area contributed by atoms with Crippen molar-refractivity contribution >= 4 is 27.5 Å². The molecular weight excluding hydrogens is 400 g/mol. The standard InChI is InChI=1S/C23H28N2O4S/c1-6-29-12-11-25-21-18(27-4)9-10-19(28-5)22(21)30-23(25)24-20(26)14-17-8-7-15(2)16(3)13-17/h7-10,13H,6,11-12,14H2,1-5H3. The molecule has 0 fully saturated rings. The van der Waals surface area contributed by atoms with Gasteiger partial charge in [0.1, 0.15) is 21.7 Å². The van der Waals surface area contributed by atoms with E-state index in [1.54, 1.807) is 14.2 Å². The molecule has 0 aliphatic heterocycles. The Labute approximate surface area is 180 Å². The summed E-state index contributed by atoms with van der Waals surface area (Å²) in [4.78, 5) is 17.8. The van der Waals surface area contributed by atoms with Gasteiger partial charge >= 0.3 is 0 Å². The highest BCUT2D eigenvalue weighted by Crippen LogP contribution is 2.35. The number of aromatic nitrogens is 1. The van der Waals surface area contributed by atoms with Crippen LogP contribution in [-0.4, -0.2) is 37.9 Å². The molecule has 0 saturated heterocycles. The van der Waals surface area contributed by atoms with E-state index in [4.69, 9.17) is 14.2 Å². The van der Waals surface area contributed by atoms with Crippen LogP contribution < -0.4 is 14.3 Å². The summed E-state index contributed by atoms with van der Waals surface area (Å²) in [5.41, 5.74) is 4.20. The van der Waals surface area contributed by atoms with Crippen LogP contribution in [0.2, 0.25) is 0 Å². The largest absolute Gasteiger partial charge is 0.495 e. The Balaban J connectivity index is 2.06. The van der Waals surface area contributed by atoms with Crippen LogP contribution in [0.25, 0.3) is 10.2 Å². The number of ether oxygens (including phenoxy) is 3. The number of methoxy groups -OCH3 is 2. The molecule has 0 N–H and O–H groups in total. The Hall–Kier alpha value is -2.64. The molecule has 7 heteroatoms. The van der Waals surface area contributed by atoms with E-state index < -0.39 is 0 Å². The summed E-state index contributed by atoms with van der Waals surface area (Å²) >= 11 is 1.42. The molecule has 0 spiro atoms. The molecule has 30 heavy (non-hydrogen) atoms. The maximum absolute atomic E-state index is 12.8. The molecule has 1 amide bonds. The molecule has 6 nitrogen and oxygen atoms in total. The molecule has 3 aromatic rings. The number of fused-ring (bicyclic) bond motifs is 1. The maximum atomic E-state index is 12.8. The zero-order chi connectivity index (χ0) is 21.7. The smallest absolute Gasteiger partial charge is 0.252 e. The Morgan fingerprint density at radius 3 is 2.47 bits per heavy atom. The topological polar surface area (TPSA) is 62.1 Å². The quantitative estimate of drug-likeness (QED) is 0.508. The first-order valence-corrected chi connectivity index (χ1v) is 10.8. The number of carbonyl (C=O) groups is 1. The summed E-state index contributed by atoms with van der Waals surface area (Å²) in [5.74, 6) is 1.25. The van der Waals surface area contributed by atoms with Crippen molar-refractivity contribution in [3.8, 4) is 11.5 Å². The lowest BCUT2D eigenvalue weighted by atomic mass is 10.0. The third-order valence-electron chi connectivity index (χ3n) is 5.00. The van der Waals surface area contributed by atoms with Gasteiger partial charge in [-0.15, -0.1) is 0 Å². The van der Waals surface area contributed by atoms with Gasteiger partial charge in [0.05, 0.1) is 27.2 Å². The fourth-order valence-electron chi connectivity index (χ4n) is 3.28. The molecule has 0 atom stereocenters. The van der Waals surface area contributed by atoms with Crippen LogP contribution in [0.3, 0.4) is 0 Å². The molecule has 0 aliphatic rings. The average molecular weight is 429 g/mol. The second-order valence-corrected chi connectivity index (χ2v) is 7.96. The number of thiazole rings is 1. The number of carbonyl (C=O) groups excluding carboxylic acids is 1. The fourth-order valence-corrected chi connectivity index (χ4v) is 4.46. The third kappa shape index (κ3) is 4.74. The summed E-state index contributed by atoms with van der Waals surface area (Å²) in [6.45, 7) is 7.77. The second-order valence-electron chi connectivity index (χ2n) is 6.98. The number of hydrogen-bond acceptors (Lipinski definition) is 5. The molecule has 0 radical (unpaired) electrons. The second kappa shape index (κ2) is 9.91. The van der Waals surface area contributed by atoms with Gasteiger partial charge in [0.2, 0.25) is 0 Å². The highest BCUT2D eigenvalue weighted by atomic mass is 32.1. The molecule has 1 heterocycles. The summed E-state index contributed by atoms with van der Waals surface area (Å²) < 4.78 is 19.5. The Bertz CT molecular complexity index is 1110. The minimum atomic E-state index is -0.187. The SMILES string of the molecule is CCOCCn1c(=NC(=O)Cc2ccc(C)c(C)c2)sc2c(OC)ccc(OC)c21. The Kier molecular flexibility index (Phi) is 7.29. The van der Waals surface area contributed by atoms with Crippen LogP contribution in [0.1, 0.15) is 23.6 Å². The van der Waals surface area contributed by atoms with Crippen LogP contribution in [0.5, 0.6) is 11.5 Å². The molecular formula is C23H28N2O4S. The minimum Gasteiger partial charge on any atom is -0.495 e. The first-order chi connectivity index (χ1) is 14.5. The molecule has 0 saturated carbocycles. The number of aryl methyl sites for hydroxylation is 2. The van der Waals surface area contributed by atoms with Crippen LogP contribution in [0.4, 0.5) is 0 Å². The van der Waals surface area contributed by atoms with E-state index in [0.29, 0.717) is 30.3 Å². The van der Waals surface area contributed by atoms with Crippen molar-refractivity contribution in [1.82, 2.24) is 4.57 Å². The van der Waals surface area contributed by atoms with Gasteiger partial charge in [-0.1, -0.05) is 29.5 Å². The maximum Gasteiger partial charge on any atom is 0.252 e. The van der Waals surface area contributed by atoms with E-state index >= 15 is 0 Å². The van der Waals surface area contributed by atoms with Gasteiger partial charge in [0.25, 0.3) is 5.91 Å². The predicted octanol–water partition coefficient (Wildman–Crippen LogP) is 4.04. The number of hydrogen-bond donors (Lipinski definition) is 0. The lowest BCUT2D eigenvalue weighted by Crippen LogP contribution is -2.20. The van der Waals surface area contributed by atoms with E-state index in [1.807, 2.05) is 48.7 Å². The lowest BCUT2D eigenvalue weighted by Gasteiger charge is -2.10. The number of nitrogens with zero attached hydrogens (tertiary/aromatic N) is 2. The monoisotopic (exact) mass is 428 g/mol. The van der Waals surface area contributed by atoms with Crippen molar-refractivity contribution in [2.24, 2.45) is 4.99 Å². The van der Waals surface area contributed by atoms with Crippen LogP contribution in [-0.2, 0) is 22.5 Å². The lowest BCUT2D eigenvalue weighted by molar-refractivity contribution is -0.117. The van der Waals surface area contributed by atoms with Crippen LogP contribution in [0.15, 0.2) is 35.3 Å². The molecule has 0 aliphatic carbocycles. The molecule has 3 rings (SSSR count). The van der Waals surface area contributed by atoms with Crippen molar-refractivity contribution in [3.63, 3.8) is 0 Å². The van der Waals surface area contributed by atoms with Gasteiger partial charge in [0, 0.05) is 13.2 Å². The van der Waals surface area contributed by atoms with Gasteiger partial charge in [-0.05, 0) is 49.6 Å². The van der Waals surface area contributed by atoms with Gasteiger partial charge in [-0.25, -0.2) is 0 Å². The number of rotatable bonds is 8. The number of benzene rings is 2. The summed E-state index contributed by atoms with van der Waals surface area (Å²) in [7, 11) is 3.26. The third-order valence-corrected chi connectivity index (χ3v) is 6.10. The van der Waals surface area contributed by atoms with Crippen molar-refractivity contribution < 1.29 is 19.0 Å². The van der Waals surface area contributed by atoms with Gasteiger partial charge < -0.3 is 18.8 Å². The van der Waals surface area contributed by atoms with E-state index in [1.165, 1.54) is 22.5 Å². The van der Waals surface area contributed by atoms with Crippen molar-refractivity contribution in [2.45, 2.75) is 33.7 Å². The summed E-state index contributed by atoms with van der Waals surface area (Å²) in [6.07, 6.45) is 0.259. The van der Waals surface area contributed by atoms with Gasteiger partial charge in [-0.3, -0.25) is 4.79 Å². The van der Waals surface area contributed by atoms with Gasteiger partial charge in [-0.2, -0.15) is 4.99 Å². The zero-order valence-corrected chi connectivity index (χ0v) is 19.0. The predicted molar refractivity (Wildman–Crippen MR) is 120 cm³/mol. The highest BCUT2D eigenvalue weighted by Gasteiger charge is 2.16. The van der Waals surface area contributed by atoms with E-state index in [2.05, 4.69) is 11.9 Å². The van der Waals surface area contributed by atoms with E-state index in [-0.39, 0.29) is 12.3 Å². The van der Waals surface area contributed by atoms with Crippen LogP contribution >= 0.6 is 11.3 Å². The molecule has 0 bridgehead atoms. The first kappa shape index (κ1) is 22.1. The number of amides is 1. The van der Waals surface area contributed by atoms with Gasteiger partial charge in [0.15, 0.2) is 4.80 Å². The molecule has 160 valence electrons. The van der Waals surface area contributed by atoms with E-state index in [0.717, 1.165) is 21.5 Å². The van der Waals surface area contributed by atoms with Crippen LogP contribution in [0, 0.1) is 13.8 Å². The average Bonchev–Trinajstić information content (AvgIpc) is 3.08. The molecule has 0 unspecified atom stereocenters. The Morgan fingerprint density at radius 2 is 1.80 bits per heavy atom. The minimum absolute atomic E-state index is 0.187. The highest BCUT2D eigenvalue weighted by molar-refractivity contribution is 7.16. The molecule has 1 aromatic heterocycles. The zero-order valence-electron chi connectivity index (χ0n) is 18.2. The fraction of sp³-hybridized carbons (Fsp3) is 0.391. The molecule has 2 aromatic carbocycles. The van der Waals surface area contributed by atoms with Crippen molar-refractivity contribution in [1.29, 1.82) is 0 Å². The van der Waals surface area contributed by atoms with Crippen molar-refractivity contribution in [3.05, 3.63) is 51.8 Å². The summed E-state index contributed by atoms with van der Waals surface area (Å²) in [5, 5.41) is 0. The Morgan fingerprint density at radius 1 is 1.07 bits per heavy atom. The first-order valence-electron chi connectivity index (χ1n) is 9.94.